The monoisotopic (exact) mass is 504 g/mol. The zero-order valence-corrected chi connectivity index (χ0v) is 19.1. The molecular weight excluding hydrogens is 481 g/mol. The van der Waals surface area contributed by atoms with Gasteiger partial charge in [-0.2, -0.15) is 18.3 Å². The lowest BCUT2D eigenvalue weighted by molar-refractivity contribution is -0.138. The van der Waals surface area contributed by atoms with E-state index in [1.165, 1.54) is 0 Å². The standard InChI is InChI=1S/C22H23F3N8O3/c23-22(24,25)14-11-27-21(28-12-14)32-6-4-31(5-7-32)17(34)10-15-13-33(8-9-36-15)19-16-2-1-3-26-18(16)20(35)30-29-19/h1-3,11-12,15H,4-10,13H2,(H,30,35)/t15-/m1/s1. The highest BCUT2D eigenvalue weighted by Gasteiger charge is 2.32. The van der Waals surface area contributed by atoms with Crippen molar-refractivity contribution in [3.05, 3.63) is 46.6 Å². The quantitative estimate of drug-likeness (QED) is 0.556. The molecule has 36 heavy (non-hydrogen) atoms. The molecule has 14 heteroatoms. The van der Waals surface area contributed by atoms with Crippen LogP contribution in [0.2, 0.25) is 0 Å². The number of halogens is 3. The van der Waals surface area contributed by atoms with Crippen LogP contribution >= 0.6 is 0 Å². The molecular formula is C22H23F3N8O3. The summed E-state index contributed by atoms with van der Waals surface area (Å²) in [6.45, 7) is 3.01. The Balaban J connectivity index is 1.18. The number of carbonyl (C=O) groups is 1. The van der Waals surface area contributed by atoms with Crippen LogP contribution in [-0.2, 0) is 15.7 Å². The maximum absolute atomic E-state index is 12.9. The number of H-pyrrole nitrogens is 1. The largest absolute Gasteiger partial charge is 0.419 e. The van der Waals surface area contributed by atoms with Gasteiger partial charge in [0, 0.05) is 57.9 Å². The van der Waals surface area contributed by atoms with Gasteiger partial charge in [-0.15, -0.1) is 0 Å². The molecule has 1 N–H and O–H groups in total. The number of aromatic amines is 1. The van der Waals surface area contributed by atoms with E-state index in [9.17, 15) is 22.8 Å². The van der Waals surface area contributed by atoms with Gasteiger partial charge in [-0.1, -0.05) is 0 Å². The second kappa shape index (κ2) is 9.68. The molecule has 0 spiro atoms. The van der Waals surface area contributed by atoms with E-state index in [2.05, 4.69) is 25.1 Å². The van der Waals surface area contributed by atoms with Gasteiger partial charge in [0.15, 0.2) is 5.82 Å². The van der Waals surface area contributed by atoms with Crippen LogP contribution in [0.1, 0.15) is 12.0 Å². The van der Waals surface area contributed by atoms with Crippen molar-refractivity contribution in [1.82, 2.24) is 30.0 Å². The Morgan fingerprint density at radius 3 is 2.56 bits per heavy atom. The summed E-state index contributed by atoms with van der Waals surface area (Å²) in [5, 5.41) is 7.32. The number of pyridine rings is 1. The van der Waals surface area contributed by atoms with Crippen molar-refractivity contribution in [1.29, 1.82) is 0 Å². The Kier molecular flexibility index (Phi) is 6.43. The first kappa shape index (κ1) is 23.9. The van der Waals surface area contributed by atoms with E-state index >= 15 is 0 Å². The number of nitrogens with one attached hydrogen (secondary N) is 1. The summed E-state index contributed by atoms with van der Waals surface area (Å²) in [6, 6.07) is 3.53. The highest BCUT2D eigenvalue weighted by atomic mass is 19.4. The van der Waals surface area contributed by atoms with Crippen LogP contribution < -0.4 is 15.4 Å². The van der Waals surface area contributed by atoms with E-state index in [-0.39, 0.29) is 29.9 Å². The Labute approximate surface area is 202 Å². The minimum absolute atomic E-state index is 0.0733. The summed E-state index contributed by atoms with van der Waals surface area (Å²) >= 11 is 0. The van der Waals surface area contributed by atoms with Crippen molar-refractivity contribution in [2.75, 3.05) is 55.7 Å². The molecule has 0 unspecified atom stereocenters. The molecule has 0 saturated carbocycles. The van der Waals surface area contributed by atoms with Gasteiger partial charge in [-0.3, -0.25) is 14.6 Å². The van der Waals surface area contributed by atoms with Crippen LogP contribution in [0.15, 0.2) is 35.5 Å². The highest BCUT2D eigenvalue weighted by Crippen LogP contribution is 2.28. The SMILES string of the molecule is O=C(C[C@@H]1CN(c2n[nH]c(=O)c3ncccc23)CCO1)N1CCN(c2ncc(C(F)(F)F)cn2)CC1. The summed E-state index contributed by atoms with van der Waals surface area (Å²) in [5.41, 5.74) is -0.963. The summed E-state index contributed by atoms with van der Waals surface area (Å²) in [4.78, 5) is 42.2. The van der Waals surface area contributed by atoms with Crippen molar-refractivity contribution in [2.45, 2.75) is 18.7 Å². The van der Waals surface area contributed by atoms with Crippen molar-refractivity contribution in [3.63, 3.8) is 0 Å². The van der Waals surface area contributed by atoms with Crippen LogP contribution in [0.3, 0.4) is 0 Å². The molecule has 0 aliphatic carbocycles. The van der Waals surface area contributed by atoms with Crippen molar-refractivity contribution < 1.29 is 22.7 Å². The molecule has 3 aromatic rings. The van der Waals surface area contributed by atoms with Crippen LogP contribution in [0.5, 0.6) is 0 Å². The van der Waals surface area contributed by atoms with E-state index in [0.29, 0.717) is 62.6 Å². The zero-order chi connectivity index (χ0) is 25.3. The van der Waals surface area contributed by atoms with Gasteiger partial charge in [-0.25, -0.2) is 15.1 Å². The molecule has 3 aromatic heterocycles. The zero-order valence-electron chi connectivity index (χ0n) is 19.1. The van der Waals surface area contributed by atoms with E-state index in [1.807, 2.05) is 4.90 Å². The molecule has 1 atom stereocenters. The molecule has 2 aliphatic heterocycles. The van der Waals surface area contributed by atoms with Crippen molar-refractivity contribution in [2.24, 2.45) is 0 Å². The lowest BCUT2D eigenvalue weighted by Gasteiger charge is -2.37. The number of anilines is 2. The highest BCUT2D eigenvalue weighted by molar-refractivity contribution is 5.88. The van der Waals surface area contributed by atoms with Gasteiger partial charge in [0.2, 0.25) is 11.9 Å². The molecule has 0 bridgehead atoms. The van der Waals surface area contributed by atoms with Gasteiger partial charge in [0.05, 0.1) is 30.1 Å². The lowest BCUT2D eigenvalue weighted by Crippen LogP contribution is -2.51. The molecule has 2 saturated heterocycles. The molecule has 11 nitrogen and oxygen atoms in total. The second-order valence-corrected chi connectivity index (χ2v) is 8.56. The van der Waals surface area contributed by atoms with Gasteiger partial charge in [0.25, 0.3) is 5.56 Å². The number of rotatable bonds is 4. The second-order valence-electron chi connectivity index (χ2n) is 8.56. The minimum Gasteiger partial charge on any atom is -0.374 e. The van der Waals surface area contributed by atoms with E-state index in [1.54, 1.807) is 28.1 Å². The maximum Gasteiger partial charge on any atom is 0.419 e. The average molecular weight is 504 g/mol. The number of amides is 1. The van der Waals surface area contributed by atoms with Crippen LogP contribution in [0, 0.1) is 0 Å². The fourth-order valence-corrected chi connectivity index (χ4v) is 4.37. The topological polar surface area (TPSA) is 120 Å². The number of fused-ring (bicyclic) bond motifs is 1. The normalized spacial score (nSPS) is 19.1. The summed E-state index contributed by atoms with van der Waals surface area (Å²) in [7, 11) is 0. The number of aromatic nitrogens is 5. The molecule has 190 valence electrons. The van der Waals surface area contributed by atoms with Crippen molar-refractivity contribution >= 4 is 28.6 Å². The van der Waals surface area contributed by atoms with E-state index in [4.69, 9.17) is 4.74 Å². The number of nitrogens with zero attached hydrogens (tertiary/aromatic N) is 7. The molecule has 2 fully saturated rings. The number of piperazine rings is 1. The molecule has 1 amide bonds. The third kappa shape index (κ3) is 4.94. The lowest BCUT2D eigenvalue weighted by atomic mass is 10.1. The first-order valence-electron chi connectivity index (χ1n) is 11.4. The van der Waals surface area contributed by atoms with Crippen LogP contribution in [0.4, 0.5) is 24.9 Å². The number of alkyl halides is 3. The Morgan fingerprint density at radius 2 is 1.83 bits per heavy atom. The number of morpholine rings is 1. The molecule has 5 rings (SSSR count). The number of hydrogen-bond donors (Lipinski definition) is 1. The molecule has 0 aromatic carbocycles. The minimum atomic E-state index is -4.49. The van der Waals surface area contributed by atoms with E-state index < -0.39 is 11.7 Å². The van der Waals surface area contributed by atoms with Gasteiger partial charge < -0.3 is 19.4 Å². The van der Waals surface area contributed by atoms with E-state index in [0.717, 1.165) is 12.4 Å². The Morgan fingerprint density at radius 1 is 1.08 bits per heavy atom. The fraction of sp³-hybridized carbons (Fsp3) is 0.455. The summed E-state index contributed by atoms with van der Waals surface area (Å²) in [5.74, 6) is 0.718. The number of ether oxygens (including phenoxy) is 1. The van der Waals surface area contributed by atoms with Gasteiger partial charge in [-0.05, 0) is 12.1 Å². The average Bonchev–Trinajstić information content (AvgIpc) is 2.89. The predicted molar refractivity (Wildman–Crippen MR) is 123 cm³/mol. The van der Waals surface area contributed by atoms with Gasteiger partial charge >= 0.3 is 6.18 Å². The fourth-order valence-electron chi connectivity index (χ4n) is 4.37. The Bertz CT molecular complexity index is 1290. The summed E-state index contributed by atoms with van der Waals surface area (Å²) < 4.78 is 44.0. The van der Waals surface area contributed by atoms with Crippen LogP contribution in [-0.4, -0.2) is 87.9 Å². The number of carbonyl (C=O) groups excluding carboxylic acids is 1. The number of hydrogen-bond acceptors (Lipinski definition) is 9. The van der Waals surface area contributed by atoms with Crippen LogP contribution in [0.25, 0.3) is 10.9 Å². The third-order valence-corrected chi connectivity index (χ3v) is 6.25. The first-order chi connectivity index (χ1) is 17.3. The van der Waals surface area contributed by atoms with Gasteiger partial charge in [0.1, 0.15) is 5.52 Å². The van der Waals surface area contributed by atoms with Crippen molar-refractivity contribution in [3.8, 4) is 0 Å². The predicted octanol–water partition coefficient (Wildman–Crippen LogP) is 1.07. The third-order valence-electron chi connectivity index (χ3n) is 6.25. The smallest absolute Gasteiger partial charge is 0.374 e. The maximum atomic E-state index is 12.9. The first-order valence-corrected chi connectivity index (χ1v) is 11.4. The molecule has 0 radical (unpaired) electrons. The Hall–Kier alpha value is -3.81. The molecule has 5 heterocycles. The summed E-state index contributed by atoms with van der Waals surface area (Å²) in [6.07, 6.45) is -1.59. The molecule has 2 aliphatic rings.